The van der Waals surface area contributed by atoms with Gasteiger partial charge in [0.2, 0.25) is 10.0 Å². The minimum absolute atomic E-state index is 0.167. The molecule has 0 atom stereocenters. The van der Waals surface area contributed by atoms with E-state index in [0.717, 1.165) is 13.2 Å². The molecule has 1 aromatic carbocycles. The Kier molecular flexibility index (Phi) is 5.03. The molecule has 8 nitrogen and oxygen atoms in total. The van der Waals surface area contributed by atoms with E-state index in [-0.39, 0.29) is 15.5 Å². The Morgan fingerprint density at radius 2 is 2.10 bits per heavy atom. The van der Waals surface area contributed by atoms with E-state index in [1.807, 2.05) is 4.72 Å². The van der Waals surface area contributed by atoms with Crippen molar-refractivity contribution >= 4 is 33.3 Å². The molecule has 0 heterocycles. The van der Waals surface area contributed by atoms with Crippen LogP contribution in [-0.2, 0) is 19.6 Å². The Labute approximate surface area is 119 Å². The second kappa shape index (κ2) is 6.16. The average molecular weight is 323 g/mol. The molecule has 1 N–H and O–H groups in total. The number of hydrogen-bond donors (Lipinski definition) is 1. The minimum atomic E-state index is -4.08. The van der Waals surface area contributed by atoms with E-state index in [9.17, 15) is 23.3 Å². The quantitative estimate of drug-likeness (QED) is 0.491. The number of aryl methyl sites for hydroxylation is 1. The molecule has 0 saturated heterocycles. The third-order valence-electron chi connectivity index (χ3n) is 2.36. The summed E-state index contributed by atoms with van der Waals surface area (Å²) in [6.07, 6.45) is 0. The number of carbonyl (C=O) groups excluding carboxylic acids is 1. The van der Waals surface area contributed by atoms with E-state index in [1.54, 1.807) is 0 Å². The fourth-order valence-corrected chi connectivity index (χ4v) is 2.88. The minimum Gasteiger partial charge on any atom is -0.468 e. The molecule has 1 rings (SSSR count). The SMILES string of the molecule is COC(=O)CNS(=O)(=O)c1cc([N+](=O)[O-])c(Cl)cc1C. The van der Waals surface area contributed by atoms with Gasteiger partial charge in [-0.25, -0.2) is 8.42 Å². The van der Waals surface area contributed by atoms with Gasteiger partial charge in [-0.2, -0.15) is 4.72 Å². The number of sulfonamides is 1. The lowest BCUT2D eigenvalue weighted by Crippen LogP contribution is -2.30. The van der Waals surface area contributed by atoms with Crippen molar-refractivity contribution in [2.45, 2.75) is 11.8 Å². The number of nitro groups is 1. The van der Waals surface area contributed by atoms with E-state index in [0.29, 0.717) is 0 Å². The number of methoxy groups -OCH3 is 1. The van der Waals surface area contributed by atoms with Gasteiger partial charge in [0, 0.05) is 6.07 Å². The average Bonchev–Trinajstić information content (AvgIpc) is 2.35. The lowest BCUT2D eigenvalue weighted by atomic mass is 10.2. The predicted octanol–water partition coefficient (Wildman–Crippen LogP) is 1.01. The van der Waals surface area contributed by atoms with Crippen LogP contribution in [0.4, 0.5) is 5.69 Å². The van der Waals surface area contributed by atoms with E-state index in [4.69, 9.17) is 11.6 Å². The number of benzene rings is 1. The Balaban J connectivity index is 3.21. The summed E-state index contributed by atoms with van der Waals surface area (Å²) < 4.78 is 30.2. The van der Waals surface area contributed by atoms with Crippen LogP contribution in [0.5, 0.6) is 0 Å². The Hall–Kier alpha value is -1.71. The van der Waals surface area contributed by atoms with Crippen molar-refractivity contribution in [2.75, 3.05) is 13.7 Å². The number of hydrogen-bond acceptors (Lipinski definition) is 6. The van der Waals surface area contributed by atoms with E-state index in [2.05, 4.69) is 4.74 Å². The molecule has 0 radical (unpaired) electrons. The van der Waals surface area contributed by atoms with Crippen LogP contribution >= 0.6 is 11.6 Å². The molecule has 0 fully saturated rings. The van der Waals surface area contributed by atoms with Crippen molar-refractivity contribution < 1.29 is 22.9 Å². The fourth-order valence-electron chi connectivity index (χ4n) is 1.38. The lowest BCUT2D eigenvalue weighted by Gasteiger charge is -2.09. The van der Waals surface area contributed by atoms with Gasteiger partial charge < -0.3 is 4.74 Å². The maximum atomic E-state index is 12.0. The van der Waals surface area contributed by atoms with Crippen LogP contribution in [0.25, 0.3) is 0 Å². The molecule has 0 aromatic heterocycles. The second-order valence-corrected chi connectivity index (χ2v) is 5.87. The summed E-state index contributed by atoms with van der Waals surface area (Å²) in [4.78, 5) is 20.6. The molecule has 0 aliphatic carbocycles. The van der Waals surface area contributed by atoms with E-state index in [1.165, 1.54) is 13.0 Å². The van der Waals surface area contributed by atoms with Gasteiger partial charge in [0.25, 0.3) is 5.69 Å². The highest BCUT2D eigenvalue weighted by Gasteiger charge is 2.24. The van der Waals surface area contributed by atoms with Crippen molar-refractivity contribution in [3.63, 3.8) is 0 Å². The van der Waals surface area contributed by atoms with Gasteiger partial charge >= 0.3 is 5.97 Å². The van der Waals surface area contributed by atoms with Crippen LogP contribution in [0.3, 0.4) is 0 Å². The van der Waals surface area contributed by atoms with E-state index >= 15 is 0 Å². The van der Waals surface area contributed by atoms with E-state index < -0.39 is 33.1 Å². The molecule has 0 aliphatic rings. The summed E-state index contributed by atoms with van der Waals surface area (Å²) in [7, 11) is -2.98. The van der Waals surface area contributed by atoms with Crippen LogP contribution in [-0.4, -0.2) is 33.0 Å². The van der Waals surface area contributed by atoms with Crippen LogP contribution in [0.15, 0.2) is 17.0 Å². The van der Waals surface area contributed by atoms with Gasteiger partial charge in [0.1, 0.15) is 11.6 Å². The van der Waals surface area contributed by atoms with Gasteiger partial charge in [-0.15, -0.1) is 0 Å². The van der Waals surface area contributed by atoms with Gasteiger partial charge in [0.05, 0.1) is 16.9 Å². The number of ether oxygens (including phenoxy) is 1. The summed E-state index contributed by atoms with van der Waals surface area (Å²) in [6.45, 7) is 0.858. The zero-order valence-electron chi connectivity index (χ0n) is 10.5. The first-order chi connectivity index (χ1) is 9.19. The van der Waals surface area contributed by atoms with Crippen LogP contribution in [0.2, 0.25) is 5.02 Å². The number of halogens is 1. The first-order valence-corrected chi connectivity index (χ1v) is 7.06. The monoisotopic (exact) mass is 322 g/mol. The van der Waals surface area contributed by atoms with Gasteiger partial charge in [-0.1, -0.05) is 11.6 Å². The molecule has 0 amide bonds. The summed E-state index contributed by atoms with van der Waals surface area (Å²) >= 11 is 5.67. The maximum absolute atomic E-state index is 12.0. The molecule has 1 aromatic rings. The largest absolute Gasteiger partial charge is 0.468 e. The molecule has 110 valence electrons. The first-order valence-electron chi connectivity index (χ1n) is 5.20. The fraction of sp³-hybridized carbons (Fsp3) is 0.300. The molecule has 0 unspecified atom stereocenters. The molecule has 10 heteroatoms. The summed E-state index contributed by atoms with van der Waals surface area (Å²) in [5, 5.41) is 10.6. The molecular formula is C10H11ClN2O6S. The topological polar surface area (TPSA) is 116 Å². The molecular weight excluding hydrogens is 312 g/mol. The zero-order valence-corrected chi connectivity index (χ0v) is 12.1. The highest BCUT2D eigenvalue weighted by atomic mass is 35.5. The highest BCUT2D eigenvalue weighted by Crippen LogP contribution is 2.29. The van der Waals surface area contributed by atoms with Crippen LogP contribution in [0.1, 0.15) is 5.56 Å². The normalized spacial score (nSPS) is 11.2. The molecule has 0 aliphatic heterocycles. The second-order valence-electron chi connectivity index (χ2n) is 3.73. The Bertz CT molecular complexity index is 658. The molecule has 0 saturated carbocycles. The van der Waals surface area contributed by atoms with Crippen LogP contribution < -0.4 is 4.72 Å². The number of esters is 1. The standard InChI is InChI=1S/C10H11ClN2O6S/c1-6-3-7(11)8(13(15)16)4-9(6)20(17,18)12-5-10(14)19-2/h3-4,12H,5H2,1-2H3. The van der Waals surface area contributed by atoms with Crippen molar-refractivity contribution in [1.82, 2.24) is 4.72 Å². The molecule has 0 spiro atoms. The van der Waals surface area contributed by atoms with Gasteiger partial charge in [0.15, 0.2) is 0 Å². The summed E-state index contributed by atoms with van der Waals surface area (Å²) in [5.74, 6) is -0.783. The number of rotatable bonds is 5. The number of nitro benzene ring substituents is 1. The third-order valence-corrected chi connectivity index (χ3v) is 4.21. The Morgan fingerprint density at radius 1 is 1.50 bits per heavy atom. The smallest absolute Gasteiger partial charge is 0.320 e. The van der Waals surface area contributed by atoms with Crippen molar-refractivity contribution in [3.8, 4) is 0 Å². The number of nitrogens with zero attached hydrogens (tertiary/aromatic N) is 1. The summed E-state index contributed by atoms with van der Waals surface area (Å²) in [5.41, 5.74) is -0.311. The summed E-state index contributed by atoms with van der Waals surface area (Å²) in [6, 6.07) is 2.02. The number of nitrogens with one attached hydrogen (secondary N) is 1. The van der Waals surface area contributed by atoms with Crippen molar-refractivity contribution in [2.24, 2.45) is 0 Å². The third kappa shape index (κ3) is 3.65. The maximum Gasteiger partial charge on any atom is 0.320 e. The first kappa shape index (κ1) is 16.3. The van der Waals surface area contributed by atoms with Crippen LogP contribution in [0, 0.1) is 17.0 Å². The number of carbonyl (C=O) groups is 1. The van der Waals surface area contributed by atoms with Gasteiger partial charge in [-0.3, -0.25) is 14.9 Å². The van der Waals surface area contributed by atoms with Crippen molar-refractivity contribution in [1.29, 1.82) is 0 Å². The molecule has 20 heavy (non-hydrogen) atoms. The Morgan fingerprint density at radius 3 is 2.60 bits per heavy atom. The molecule has 0 bridgehead atoms. The van der Waals surface area contributed by atoms with Crippen molar-refractivity contribution in [3.05, 3.63) is 32.8 Å². The predicted molar refractivity (Wildman–Crippen MR) is 70.0 cm³/mol. The van der Waals surface area contributed by atoms with Gasteiger partial charge in [-0.05, 0) is 18.6 Å². The zero-order chi connectivity index (χ0) is 15.5. The highest BCUT2D eigenvalue weighted by molar-refractivity contribution is 7.89. The lowest BCUT2D eigenvalue weighted by molar-refractivity contribution is -0.384.